The summed E-state index contributed by atoms with van der Waals surface area (Å²) in [4.78, 5) is 0. The van der Waals surface area contributed by atoms with Crippen molar-refractivity contribution in [3.63, 3.8) is 0 Å². The predicted molar refractivity (Wildman–Crippen MR) is 63.1 cm³/mol. The molecule has 2 aromatic rings. The minimum atomic E-state index is -0.406. The van der Waals surface area contributed by atoms with Gasteiger partial charge in [-0.15, -0.1) is 0 Å². The van der Waals surface area contributed by atoms with Gasteiger partial charge in [0.1, 0.15) is 11.6 Å². The molecule has 0 radical (unpaired) electrons. The lowest BCUT2D eigenvalue weighted by molar-refractivity contribution is 0.474. The third-order valence-corrected chi connectivity index (χ3v) is 2.24. The molecule has 0 heterocycles. The number of nitrogens with two attached hydrogens (primary N) is 1. The molecule has 0 aliphatic heterocycles. The summed E-state index contributed by atoms with van der Waals surface area (Å²) >= 11 is 0. The molecule has 0 unspecified atom stereocenters. The van der Waals surface area contributed by atoms with Crippen LogP contribution in [0.25, 0.3) is 0 Å². The minimum absolute atomic E-state index is 0.293. The first kappa shape index (κ1) is 11.2. The second-order valence-electron chi connectivity index (χ2n) is 3.53. The van der Waals surface area contributed by atoms with E-state index >= 15 is 0 Å². The van der Waals surface area contributed by atoms with Gasteiger partial charge < -0.3 is 10.2 Å². The molecular formula is C13H11FN2O. The fourth-order valence-corrected chi connectivity index (χ4v) is 1.41. The largest absolute Gasteiger partial charge is 0.448 e. The maximum atomic E-state index is 12.9. The highest BCUT2D eigenvalue weighted by molar-refractivity contribution is 5.50. The summed E-state index contributed by atoms with van der Waals surface area (Å²) in [7, 11) is 0. The Labute approximate surface area is 99.0 Å². The molecule has 0 aliphatic carbocycles. The molecule has 2 aromatic carbocycles. The predicted octanol–water partition coefficient (Wildman–Crippen LogP) is 2.81. The fourth-order valence-electron chi connectivity index (χ4n) is 1.41. The molecule has 0 saturated heterocycles. The molecule has 0 aliphatic rings. The van der Waals surface area contributed by atoms with Crippen molar-refractivity contribution in [3.8, 4) is 11.5 Å². The second-order valence-corrected chi connectivity index (χ2v) is 3.53. The van der Waals surface area contributed by atoms with Crippen LogP contribution >= 0.6 is 0 Å². The van der Waals surface area contributed by atoms with Gasteiger partial charge in [0.15, 0.2) is 5.75 Å². The Morgan fingerprint density at radius 3 is 2.82 bits per heavy atom. The summed E-state index contributed by atoms with van der Waals surface area (Å²) in [5.41, 5.74) is 4.21. The number of anilines is 1. The van der Waals surface area contributed by atoms with Gasteiger partial charge in [-0.05, 0) is 36.8 Å². The van der Waals surface area contributed by atoms with Crippen LogP contribution in [0.15, 0.2) is 30.3 Å². The van der Waals surface area contributed by atoms with E-state index < -0.39 is 5.82 Å². The van der Waals surface area contributed by atoms with Crippen molar-refractivity contribution in [1.82, 2.24) is 0 Å². The molecule has 2 rings (SSSR count). The highest BCUT2D eigenvalue weighted by atomic mass is 19.1. The lowest BCUT2D eigenvalue weighted by Gasteiger charge is -2.08. The van der Waals surface area contributed by atoms with Crippen molar-refractivity contribution < 1.29 is 9.13 Å². The van der Waals surface area contributed by atoms with Gasteiger partial charge in [0.25, 0.3) is 0 Å². The van der Waals surface area contributed by atoms with Crippen molar-refractivity contribution in [3.05, 3.63) is 53.8 Å². The molecule has 86 valence electrons. The van der Waals surface area contributed by atoms with Crippen LogP contribution in [0.5, 0.6) is 11.5 Å². The number of rotatable bonds is 3. The van der Waals surface area contributed by atoms with Crippen LogP contribution in [-0.2, 0) is 0 Å². The number of hydrogen-bond donors (Lipinski definition) is 2. The Bertz CT molecular complexity index is 529. The van der Waals surface area contributed by atoms with Crippen molar-refractivity contribution >= 4 is 5.69 Å². The van der Waals surface area contributed by atoms with Gasteiger partial charge in [-0.3, -0.25) is 5.84 Å². The first-order chi connectivity index (χ1) is 8.19. The van der Waals surface area contributed by atoms with E-state index in [-0.39, 0.29) is 0 Å². The van der Waals surface area contributed by atoms with Crippen LogP contribution in [0.2, 0.25) is 0 Å². The Balaban J connectivity index is 2.24. The molecule has 0 saturated carbocycles. The zero-order chi connectivity index (χ0) is 12.3. The van der Waals surface area contributed by atoms with E-state index in [1.807, 2.05) is 13.0 Å². The number of benzene rings is 1. The fraction of sp³-hybridized carbons (Fsp3) is 0.0769. The number of hydrazine groups is 1. The third-order valence-electron chi connectivity index (χ3n) is 2.24. The van der Waals surface area contributed by atoms with E-state index in [0.29, 0.717) is 11.5 Å². The zero-order valence-corrected chi connectivity index (χ0v) is 9.25. The zero-order valence-electron chi connectivity index (χ0n) is 9.25. The van der Waals surface area contributed by atoms with Gasteiger partial charge in [0.2, 0.25) is 0 Å². The summed E-state index contributed by atoms with van der Waals surface area (Å²) in [6.45, 7) is 1.87. The summed E-state index contributed by atoms with van der Waals surface area (Å²) in [5, 5.41) is 0. The average molecular weight is 230 g/mol. The molecule has 0 spiro atoms. The molecule has 17 heavy (non-hydrogen) atoms. The lowest BCUT2D eigenvalue weighted by Crippen LogP contribution is -2.06. The van der Waals surface area contributed by atoms with Gasteiger partial charge in [-0.25, -0.2) is 4.39 Å². The first-order valence-corrected chi connectivity index (χ1v) is 5.03. The van der Waals surface area contributed by atoms with Gasteiger partial charge in [0.05, 0.1) is 0 Å². The Kier molecular flexibility index (Phi) is 3.12. The number of nitrogens with one attached hydrogen (secondary N) is 1. The Morgan fingerprint density at radius 1 is 1.35 bits per heavy atom. The van der Waals surface area contributed by atoms with E-state index in [1.54, 1.807) is 12.1 Å². The molecule has 0 bridgehead atoms. The third kappa shape index (κ3) is 2.65. The molecule has 3 nitrogen and oxygen atoms in total. The second kappa shape index (κ2) is 4.73. The van der Waals surface area contributed by atoms with E-state index in [0.717, 1.165) is 11.3 Å². The Morgan fingerprint density at radius 2 is 2.18 bits per heavy atom. The van der Waals surface area contributed by atoms with Crippen molar-refractivity contribution in [2.45, 2.75) is 6.92 Å². The SMILES string of the molecule is Cc1cc(NN)ccc1Oc1c#ccc(F)c1. The standard InChI is InChI=1S/C13H11FN2O/c1-9-7-11(16-15)5-6-13(9)17-12-4-2-3-10(14)8-12/h3,5-8,16H,15H2,1H3. The number of ether oxygens (including phenoxy) is 1. The van der Waals surface area contributed by atoms with Crippen LogP contribution in [0.3, 0.4) is 0 Å². The summed E-state index contributed by atoms with van der Waals surface area (Å²) in [5.74, 6) is 5.80. The van der Waals surface area contributed by atoms with Crippen LogP contribution in [0.1, 0.15) is 5.56 Å². The van der Waals surface area contributed by atoms with Gasteiger partial charge >= 0.3 is 0 Å². The average Bonchev–Trinajstić information content (AvgIpc) is 2.32. The minimum Gasteiger partial charge on any atom is -0.448 e. The summed E-state index contributed by atoms with van der Waals surface area (Å²) < 4.78 is 18.4. The normalized spacial score (nSPS) is 9.59. The van der Waals surface area contributed by atoms with E-state index in [1.165, 1.54) is 12.1 Å². The van der Waals surface area contributed by atoms with Crippen LogP contribution in [0, 0.1) is 24.9 Å². The maximum Gasteiger partial charge on any atom is 0.180 e. The lowest BCUT2D eigenvalue weighted by atomic mass is 10.2. The maximum absolute atomic E-state index is 12.9. The number of aryl methyl sites for hydroxylation is 1. The quantitative estimate of drug-likeness (QED) is 0.629. The highest BCUT2D eigenvalue weighted by Gasteiger charge is 2.03. The summed E-state index contributed by atoms with van der Waals surface area (Å²) in [6.07, 6.45) is 0. The molecule has 0 aromatic heterocycles. The van der Waals surface area contributed by atoms with Crippen molar-refractivity contribution in [2.24, 2.45) is 5.84 Å². The van der Waals surface area contributed by atoms with Gasteiger partial charge in [-0.2, -0.15) is 0 Å². The van der Waals surface area contributed by atoms with Crippen molar-refractivity contribution in [2.75, 3.05) is 5.43 Å². The topological polar surface area (TPSA) is 47.3 Å². The monoisotopic (exact) mass is 230 g/mol. The van der Waals surface area contributed by atoms with E-state index in [2.05, 4.69) is 17.6 Å². The summed E-state index contributed by atoms with van der Waals surface area (Å²) in [6, 6.07) is 13.0. The molecule has 0 atom stereocenters. The molecule has 3 N–H and O–H groups in total. The smallest absolute Gasteiger partial charge is 0.180 e. The highest BCUT2D eigenvalue weighted by Crippen LogP contribution is 2.26. The number of hydrogen-bond acceptors (Lipinski definition) is 3. The van der Waals surface area contributed by atoms with Crippen LogP contribution < -0.4 is 16.0 Å². The molecule has 0 amide bonds. The van der Waals surface area contributed by atoms with Crippen LogP contribution in [-0.4, -0.2) is 0 Å². The number of nitrogen functional groups attached to an aromatic ring is 1. The van der Waals surface area contributed by atoms with E-state index in [9.17, 15) is 4.39 Å². The molecular weight excluding hydrogens is 219 g/mol. The molecule has 4 heteroatoms. The van der Waals surface area contributed by atoms with Gasteiger partial charge in [-0.1, -0.05) is 6.07 Å². The Hall–Kier alpha value is -2.25. The van der Waals surface area contributed by atoms with Crippen LogP contribution in [0.4, 0.5) is 10.1 Å². The number of halogens is 1. The van der Waals surface area contributed by atoms with Gasteiger partial charge in [0, 0.05) is 17.8 Å². The van der Waals surface area contributed by atoms with Crippen molar-refractivity contribution in [1.29, 1.82) is 0 Å². The van der Waals surface area contributed by atoms with E-state index in [4.69, 9.17) is 10.6 Å². The first-order valence-electron chi connectivity index (χ1n) is 5.03. The molecule has 0 fully saturated rings.